The topological polar surface area (TPSA) is 101 Å². The van der Waals surface area contributed by atoms with Gasteiger partial charge < -0.3 is 5.11 Å². The van der Waals surface area contributed by atoms with Gasteiger partial charge in [-0.3, -0.25) is 9.69 Å². The minimum Gasteiger partial charge on any atom is -0.481 e. The number of sulfonamides is 1. The highest BCUT2D eigenvalue weighted by Crippen LogP contribution is 2.22. The molecule has 0 radical (unpaired) electrons. The summed E-state index contributed by atoms with van der Waals surface area (Å²) in [6.45, 7) is 2.91. The van der Waals surface area contributed by atoms with Gasteiger partial charge in [0, 0.05) is 12.6 Å². The molecule has 1 aliphatic heterocycles. The molecular formula is C9H18N2O4S. The Morgan fingerprint density at radius 1 is 1.56 bits per heavy atom. The van der Waals surface area contributed by atoms with Crippen molar-refractivity contribution in [2.24, 2.45) is 11.1 Å². The first-order valence-corrected chi connectivity index (χ1v) is 6.98. The molecule has 0 saturated carbocycles. The first-order valence-electron chi connectivity index (χ1n) is 5.27. The van der Waals surface area contributed by atoms with Gasteiger partial charge in [-0.2, -0.15) is 0 Å². The normalized spacial score (nSPS) is 27.9. The van der Waals surface area contributed by atoms with E-state index >= 15 is 0 Å². The Bertz CT molecular complexity index is 355. The third-order valence-corrected chi connectivity index (χ3v) is 3.78. The highest BCUT2D eigenvalue weighted by Gasteiger charge is 2.29. The van der Waals surface area contributed by atoms with Gasteiger partial charge in [0.2, 0.25) is 10.0 Å². The molecular weight excluding hydrogens is 232 g/mol. The smallest absolute Gasteiger partial charge is 0.306 e. The first kappa shape index (κ1) is 13.4. The van der Waals surface area contributed by atoms with Crippen LogP contribution in [0.3, 0.4) is 0 Å². The molecule has 3 N–H and O–H groups in total. The van der Waals surface area contributed by atoms with Crippen LogP contribution in [0.4, 0.5) is 0 Å². The van der Waals surface area contributed by atoms with Crippen molar-refractivity contribution in [3.63, 3.8) is 0 Å². The van der Waals surface area contributed by atoms with Gasteiger partial charge in [-0.15, -0.1) is 0 Å². The van der Waals surface area contributed by atoms with Crippen LogP contribution in [0.2, 0.25) is 0 Å². The van der Waals surface area contributed by atoms with Crippen molar-refractivity contribution in [2.75, 3.05) is 18.8 Å². The average molecular weight is 250 g/mol. The predicted octanol–water partition coefficient (Wildman–Crippen LogP) is -0.540. The molecule has 0 amide bonds. The number of hydrogen-bond donors (Lipinski definition) is 2. The van der Waals surface area contributed by atoms with Crippen LogP contribution in [0.25, 0.3) is 0 Å². The van der Waals surface area contributed by atoms with Crippen LogP contribution in [0, 0.1) is 5.92 Å². The minimum atomic E-state index is -3.43. The van der Waals surface area contributed by atoms with Crippen molar-refractivity contribution in [3.8, 4) is 0 Å². The zero-order valence-electron chi connectivity index (χ0n) is 9.30. The Labute approximate surface area is 95.5 Å². The van der Waals surface area contributed by atoms with Gasteiger partial charge in [-0.05, 0) is 26.3 Å². The second-order valence-corrected chi connectivity index (χ2v) is 6.05. The molecule has 16 heavy (non-hydrogen) atoms. The zero-order chi connectivity index (χ0) is 12.3. The molecule has 1 rings (SSSR count). The van der Waals surface area contributed by atoms with E-state index in [-0.39, 0.29) is 17.7 Å². The monoisotopic (exact) mass is 250 g/mol. The first-order chi connectivity index (χ1) is 7.29. The van der Waals surface area contributed by atoms with E-state index in [1.165, 1.54) is 0 Å². The van der Waals surface area contributed by atoms with Crippen LogP contribution in [0.15, 0.2) is 0 Å². The molecule has 0 spiro atoms. The van der Waals surface area contributed by atoms with Crippen molar-refractivity contribution < 1.29 is 18.3 Å². The summed E-state index contributed by atoms with van der Waals surface area (Å²) < 4.78 is 21.6. The van der Waals surface area contributed by atoms with E-state index in [9.17, 15) is 13.2 Å². The number of hydrogen-bond acceptors (Lipinski definition) is 4. The number of rotatable bonds is 4. The Hall–Kier alpha value is -0.660. The molecule has 2 unspecified atom stereocenters. The Balaban J connectivity index is 2.45. The van der Waals surface area contributed by atoms with Crippen LogP contribution in [-0.4, -0.2) is 49.3 Å². The summed E-state index contributed by atoms with van der Waals surface area (Å²) in [5.74, 6) is -1.14. The van der Waals surface area contributed by atoms with Crippen LogP contribution in [0.5, 0.6) is 0 Å². The maximum Gasteiger partial charge on any atom is 0.306 e. The van der Waals surface area contributed by atoms with E-state index in [1.54, 1.807) is 0 Å². The summed E-state index contributed by atoms with van der Waals surface area (Å²) in [6, 6.07) is 0.0941. The number of carboxylic acid groups (broad SMARTS) is 1. The Kier molecular flexibility index (Phi) is 4.28. The highest BCUT2D eigenvalue weighted by molar-refractivity contribution is 7.89. The van der Waals surface area contributed by atoms with Gasteiger partial charge in [0.05, 0.1) is 11.7 Å². The molecule has 2 atom stereocenters. The summed E-state index contributed by atoms with van der Waals surface area (Å²) in [7, 11) is -3.43. The SMILES string of the molecule is CC1CC(C(=O)O)CCN1CCS(N)(=O)=O. The third kappa shape index (κ3) is 4.07. The molecule has 7 heteroatoms. The third-order valence-electron chi connectivity index (χ3n) is 3.03. The lowest BCUT2D eigenvalue weighted by molar-refractivity contribution is -0.144. The number of primary sulfonamides is 1. The van der Waals surface area contributed by atoms with Crippen molar-refractivity contribution in [2.45, 2.75) is 25.8 Å². The Morgan fingerprint density at radius 3 is 2.62 bits per heavy atom. The number of nitrogens with zero attached hydrogens (tertiary/aromatic N) is 1. The van der Waals surface area contributed by atoms with Crippen molar-refractivity contribution in [1.82, 2.24) is 4.90 Å². The van der Waals surface area contributed by atoms with Crippen molar-refractivity contribution >= 4 is 16.0 Å². The van der Waals surface area contributed by atoms with E-state index in [4.69, 9.17) is 10.2 Å². The fourth-order valence-electron chi connectivity index (χ4n) is 2.02. The second kappa shape index (κ2) is 5.11. The van der Waals surface area contributed by atoms with E-state index in [2.05, 4.69) is 0 Å². The number of likely N-dealkylation sites (tertiary alicyclic amines) is 1. The number of carboxylic acids is 1. The second-order valence-electron chi connectivity index (χ2n) is 4.31. The van der Waals surface area contributed by atoms with Crippen molar-refractivity contribution in [3.05, 3.63) is 0 Å². The van der Waals surface area contributed by atoms with Gasteiger partial charge in [-0.25, -0.2) is 13.6 Å². The lowest BCUT2D eigenvalue weighted by Gasteiger charge is -2.35. The van der Waals surface area contributed by atoms with E-state index in [0.29, 0.717) is 25.9 Å². The van der Waals surface area contributed by atoms with Gasteiger partial charge >= 0.3 is 5.97 Å². The summed E-state index contributed by atoms with van der Waals surface area (Å²) in [5, 5.41) is 13.8. The number of nitrogens with two attached hydrogens (primary N) is 1. The molecule has 0 aromatic rings. The molecule has 1 fully saturated rings. The zero-order valence-corrected chi connectivity index (χ0v) is 10.1. The van der Waals surface area contributed by atoms with Crippen LogP contribution in [0.1, 0.15) is 19.8 Å². The molecule has 0 aliphatic carbocycles. The lowest BCUT2D eigenvalue weighted by Crippen LogP contribution is -2.45. The number of piperidine rings is 1. The van der Waals surface area contributed by atoms with E-state index < -0.39 is 16.0 Å². The van der Waals surface area contributed by atoms with Crippen LogP contribution >= 0.6 is 0 Å². The highest BCUT2D eigenvalue weighted by atomic mass is 32.2. The van der Waals surface area contributed by atoms with Gasteiger partial charge in [-0.1, -0.05) is 0 Å². The standard InChI is InChI=1S/C9H18N2O4S/c1-7-6-8(9(12)13)2-3-11(7)4-5-16(10,14)15/h7-8H,2-6H2,1H3,(H,12,13)(H2,10,14,15). The largest absolute Gasteiger partial charge is 0.481 e. The maximum absolute atomic E-state index is 10.8. The predicted molar refractivity (Wildman–Crippen MR) is 59.4 cm³/mol. The molecule has 1 heterocycles. The number of aliphatic carboxylic acids is 1. The van der Waals surface area contributed by atoms with Gasteiger partial charge in [0.1, 0.15) is 0 Å². The fraction of sp³-hybridized carbons (Fsp3) is 0.889. The molecule has 0 aromatic carbocycles. The Morgan fingerprint density at radius 2 is 2.19 bits per heavy atom. The minimum absolute atomic E-state index is 0.0743. The molecule has 1 aliphatic rings. The molecule has 6 nitrogen and oxygen atoms in total. The molecule has 94 valence electrons. The van der Waals surface area contributed by atoms with Gasteiger partial charge in [0.25, 0.3) is 0 Å². The van der Waals surface area contributed by atoms with Gasteiger partial charge in [0.15, 0.2) is 0 Å². The summed E-state index contributed by atoms with van der Waals surface area (Å²) in [6.07, 6.45) is 1.14. The quantitative estimate of drug-likeness (QED) is 0.698. The molecule has 0 aromatic heterocycles. The van der Waals surface area contributed by atoms with E-state index in [0.717, 1.165) is 0 Å². The molecule has 0 bridgehead atoms. The van der Waals surface area contributed by atoms with E-state index in [1.807, 2.05) is 11.8 Å². The maximum atomic E-state index is 10.8. The lowest BCUT2D eigenvalue weighted by atomic mass is 9.92. The molecule has 1 saturated heterocycles. The van der Waals surface area contributed by atoms with Crippen LogP contribution in [-0.2, 0) is 14.8 Å². The van der Waals surface area contributed by atoms with Crippen LogP contribution < -0.4 is 5.14 Å². The van der Waals surface area contributed by atoms with Crippen molar-refractivity contribution in [1.29, 1.82) is 0 Å². The number of carbonyl (C=O) groups is 1. The average Bonchev–Trinajstić information content (AvgIpc) is 2.14. The summed E-state index contributed by atoms with van der Waals surface area (Å²) >= 11 is 0. The fourth-order valence-corrected chi connectivity index (χ4v) is 2.51. The summed E-state index contributed by atoms with van der Waals surface area (Å²) in [4.78, 5) is 12.8. The summed E-state index contributed by atoms with van der Waals surface area (Å²) in [5.41, 5.74) is 0.